The molecule has 30 heavy (non-hydrogen) atoms. The Hall–Kier alpha value is -2.93. The quantitative estimate of drug-likeness (QED) is 0.647. The third kappa shape index (κ3) is 4.79. The van der Waals surface area contributed by atoms with Crippen LogP contribution in [0.25, 0.3) is 0 Å². The fourth-order valence-electron chi connectivity index (χ4n) is 3.71. The summed E-state index contributed by atoms with van der Waals surface area (Å²) in [6.07, 6.45) is 4.87. The van der Waals surface area contributed by atoms with Crippen LogP contribution >= 0.6 is 11.3 Å². The summed E-state index contributed by atoms with van der Waals surface area (Å²) in [5.74, 6) is 0.0823. The molecule has 1 fully saturated rings. The number of thiophene rings is 1. The number of carbonyl (C=O) groups excluding carboxylic acids is 2. The third-order valence-corrected chi connectivity index (χ3v) is 5.99. The highest BCUT2D eigenvalue weighted by Gasteiger charge is 2.26. The predicted molar refractivity (Wildman–Crippen MR) is 115 cm³/mol. The topological polar surface area (TPSA) is 75.4 Å². The van der Waals surface area contributed by atoms with Crippen LogP contribution in [0.1, 0.15) is 58.4 Å². The van der Waals surface area contributed by atoms with Crippen LogP contribution in [0.4, 0.5) is 0 Å². The van der Waals surface area contributed by atoms with Crippen molar-refractivity contribution < 1.29 is 14.0 Å². The van der Waals surface area contributed by atoms with E-state index in [4.69, 9.17) is 4.42 Å². The Bertz CT molecular complexity index is 1010. The van der Waals surface area contributed by atoms with Gasteiger partial charge in [0.15, 0.2) is 5.69 Å². The summed E-state index contributed by atoms with van der Waals surface area (Å²) in [5.41, 5.74) is 3.19. The molecule has 0 radical (unpaired) electrons. The van der Waals surface area contributed by atoms with E-state index >= 15 is 0 Å². The number of carbonyl (C=O) groups is 2. The number of aromatic nitrogens is 1. The van der Waals surface area contributed by atoms with Gasteiger partial charge in [-0.15, -0.1) is 0 Å². The number of oxazole rings is 1. The van der Waals surface area contributed by atoms with Crippen molar-refractivity contribution in [1.82, 2.24) is 15.2 Å². The molecule has 6 nitrogen and oxygen atoms in total. The smallest absolute Gasteiger partial charge is 0.275 e. The lowest BCUT2D eigenvalue weighted by atomic mass is 10.0. The number of piperidine rings is 1. The van der Waals surface area contributed by atoms with E-state index in [1.54, 1.807) is 11.3 Å². The Labute approximate surface area is 179 Å². The summed E-state index contributed by atoms with van der Waals surface area (Å²) in [6, 6.07) is 9.23. The summed E-state index contributed by atoms with van der Waals surface area (Å²) in [7, 11) is 0. The van der Waals surface area contributed by atoms with Crippen LogP contribution in [0.2, 0.25) is 0 Å². The van der Waals surface area contributed by atoms with E-state index < -0.39 is 6.04 Å². The van der Waals surface area contributed by atoms with Crippen LogP contribution in [0.5, 0.6) is 0 Å². The van der Waals surface area contributed by atoms with Crippen molar-refractivity contribution in [3.05, 3.63) is 75.6 Å². The molecule has 1 N–H and O–H groups in total. The summed E-state index contributed by atoms with van der Waals surface area (Å²) in [6.45, 7) is 3.49. The van der Waals surface area contributed by atoms with Gasteiger partial charge in [0.1, 0.15) is 12.3 Å². The average molecular weight is 424 g/mol. The van der Waals surface area contributed by atoms with E-state index in [1.165, 1.54) is 6.26 Å². The molecular weight excluding hydrogens is 398 g/mol. The minimum atomic E-state index is -0.557. The second-order valence-electron chi connectivity index (χ2n) is 7.65. The second-order valence-corrected chi connectivity index (χ2v) is 8.43. The summed E-state index contributed by atoms with van der Waals surface area (Å²) < 4.78 is 5.70. The summed E-state index contributed by atoms with van der Waals surface area (Å²) >= 11 is 1.56. The maximum Gasteiger partial charge on any atom is 0.275 e. The van der Waals surface area contributed by atoms with Gasteiger partial charge < -0.3 is 14.6 Å². The van der Waals surface area contributed by atoms with Crippen LogP contribution < -0.4 is 5.32 Å². The zero-order valence-corrected chi connectivity index (χ0v) is 17.8. The number of likely N-dealkylation sites (tertiary alicyclic amines) is 1. The van der Waals surface area contributed by atoms with E-state index in [2.05, 4.69) is 10.3 Å². The Morgan fingerprint density at radius 2 is 2.07 bits per heavy atom. The zero-order valence-electron chi connectivity index (χ0n) is 17.0. The molecule has 1 unspecified atom stereocenters. The molecule has 0 aliphatic carbocycles. The lowest BCUT2D eigenvalue weighted by Crippen LogP contribution is -2.36. The lowest BCUT2D eigenvalue weighted by Gasteiger charge is -2.25. The third-order valence-electron chi connectivity index (χ3n) is 5.26. The fourth-order valence-corrected chi connectivity index (χ4v) is 4.37. The normalized spacial score (nSPS) is 15.0. The maximum absolute atomic E-state index is 12.8. The minimum absolute atomic E-state index is 0.114. The van der Waals surface area contributed by atoms with Gasteiger partial charge in [-0.1, -0.05) is 29.8 Å². The first kappa shape index (κ1) is 20.3. The molecule has 1 saturated heterocycles. The molecule has 3 aromatic rings. The number of hydrogen-bond donors (Lipinski definition) is 1. The predicted octanol–water partition coefficient (Wildman–Crippen LogP) is 4.12. The molecule has 0 saturated carbocycles. The number of aryl methyl sites for hydroxylation is 1. The van der Waals surface area contributed by atoms with Crippen LogP contribution in [0, 0.1) is 6.92 Å². The van der Waals surface area contributed by atoms with Crippen molar-refractivity contribution in [2.75, 3.05) is 13.1 Å². The monoisotopic (exact) mass is 423 g/mol. The van der Waals surface area contributed by atoms with E-state index in [9.17, 15) is 9.59 Å². The molecule has 7 heteroatoms. The Morgan fingerprint density at radius 3 is 2.80 bits per heavy atom. The molecule has 4 rings (SSSR count). The number of amides is 2. The van der Waals surface area contributed by atoms with Gasteiger partial charge in [-0.3, -0.25) is 9.59 Å². The summed E-state index contributed by atoms with van der Waals surface area (Å²) in [4.78, 5) is 31.8. The Morgan fingerprint density at radius 1 is 1.23 bits per heavy atom. The van der Waals surface area contributed by atoms with Crippen molar-refractivity contribution >= 4 is 23.2 Å². The first-order valence-electron chi connectivity index (χ1n) is 10.2. The molecule has 1 aliphatic rings. The summed E-state index contributed by atoms with van der Waals surface area (Å²) in [5, 5.41) is 6.94. The van der Waals surface area contributed by atoms with Crippen molar-refractivity contribution in [3.8, 4) is 0 Å². The molecule has 1 aliphatic heterocycles. The molecule has 1 atom stereocenters. The van der Waals surface area contributed by atoms with Crippen LogP contribution in [-0.2, 0) is 11.2 Å². The first-order chi connectivity index (χ1) is 14.6. The SMILES string of the molecule is Cc1cccc(C(NC(=O)Cc2ccsc2)c2nc(C(=O)N3CCCCC3)co2)c1. The second kappa shape index (κ2) is 9.26. The lowest BCUT2D eigenvalue weighted by molar-refractivity contribution is -0.121. The number of rotatable bonds is 6. The maximum atomic E-state index is 12.8. The van der Waals surface area contributed by atoms with Gasteiger partial charge in [-0.2, -0.15) is 11.3 Å². The molecule has 2 aromatic heterocycles. The largest absolute Gasteiger partial charge is 0.445 e. The highest BCUT2D eigenvalue weighted by molar-refractivity contribution is 7.08. The van der Waals surface area contributed by atoms with E-state index in [0.29, 0.717) is 5.89 Å². The molecule has 156 valence electrons. The van der Waals surface area contributed by atoms with Gasteiger partial charge in [0.25, 0.3) is 5.91 Å². The number of benzene rings is 1. The van der Waals surface area contributed by atoms with Crippen LogP contribution in [0.3, 0.4) is 0 Å². The zero-order chi connectivity index (χ0) is 20.9. The van der Waals surface area contributed by atoms with Crippen molar-refractivity contribution in [3.63, 3.8) is 0 Å². The van der Waals surface area contributed by atoms with E-state index in [0.717, 1.165) is 49.0 Å². The molecular formula is C23H25N3O3S. The molecule has 2 amide bonds. The number of hydrogen-bond acceptors (Lipinski definition) is 5. The van der Waals surface area contributed by atoms with Crippen molar-refractivity contribution in [2.24, 2.45) is 0 Å². The Kier molecular flexibility index (Phi) is 6.28. The van der Waals surface area contributed by atoms with Crippen LogP contribution in [-0.4, -0.2) is 34.8 Å². The number of nitrogens with one attached hydrogen (secondary N) is 1. The first-order valence-corrected chi connectivity index (χ1v) is 11.2. The van der Waals surface area contributed by atoms with Crippen molar-refractivity contribution in [1.29, 1.82) is 0 Å². The fraction of sp³-hybridized carbons (Fsp3) is 0.348. The average Bonchev–Trinajstić information content (AvgIpc) is 3.44. The van der Waals surface area contributed by atoms with Crippen molar-refractivity contribution in [2.45, 2.75) is 38.6 Å². The van der Waals surface area contributed by atoms with Gasteiger partial charge in [-0.25, -0.2) is 4.98 Å². The minimum Gasteiger partial charge on any atom is -0.445 e. The van der Waals surface area contributed by atoms with Crippen LogP contribution in [0.15, 0.2) is 51.8 Å². The van der Waals surface area contributed by atoms with Gasteiger partial charge in [0, 0.05) is 13.1 Å². The van der Waals surface area contributed by atoms with Gasteiger partial charge in [0.05, 0.1) is 6.42 Å². The number of nitrogens with zero attached hydrogens (tertiary/aromatic N) is 2. The van der Waals surface area contributed by atoms with Gasteiger partial charge >= 0.3 is 0 Å². The highest BCUT2D eigenvalue weighted by atomic mass is 32.1. The Balaban J connectivity index is 1.57. The molecule has 0 spiro atoms. The standard InChI is InChI=1S/C23H25N3O3S/c1-16-6-5-7-18(12-16)21(25-20(27)13-17-8-11-30-15-17)22-24-19(14-29-22)23(28)26-9-3-2-4-10-26/h5-8,11-12,14-15,21H,2-4,9-10,13H2,1H3,(H,25,27). The van der Waals surface area contributed by atoms with Gasteiger partial charge in [0.2, 0.25) is 11.8 Å². The van der Waals surface area contributed by atoms with E-state index in [-0.39, 0.29) is 23.9 Å². The van der Waals surface area contributed by atoms with Gasteiger partial charge in [-0.05, 0) is 54.1 Å². The molecule has 1 aromatic carbocycles. The molecule has 0 bridgehead atoms. The highest BCUT2D eigenvalue weighted by Crippen LogP contribution is 2.24. The van der Waals surface area contributed by atoms with E-state index in [1.807, 2.05) is 52.9 Å². The molecule has 3 heterocycles.